The van der Waals surface area contributed by atoms with Crippen LogP contribution >= 0.6 is 11.6 Å². The SMILES string of the molecule is O=C(O)C(Cc1ccccc1)NS(=O)(=O)c1ccc(F)c(Cl)c1. The summed E-state index contributed by atoms with van der Waals surface area (Å²) in [5, 5.41) is 8.87. The van der Waals surface area contributed by atoms with Crippen LogP contribution in [-0.4, -0.2) is 25.5 Å². The van der Waals surface area contributed by atoms with Crippen molar-refractivity contribution < 1.29 is 22.7 Å². The Kier molecular flexibility index (Phi) is 5.35. The number of carbonyl (C=O) groups is 1. The minimum absolute atomic E-state index is 0.0235. The van der Waals surface area contributed by atoms with E-state index in [0.717, 1.165) is 18.2 Å². The van der Waals surface area contributed by atoms with Crippen molar-refractivity contribution in [2.75, 3.05) is 0 Å². The number of hydrogen-bond acceptors (Lipinski definition) is 3. The number of carboxylic acids is 1. The van der Waals surface area contributed by atoms with E-state index in [9.17, 15) is 22.7 Å². The van der Waals surface area contributed by atoms with E-state index >= 15 is 0 Å². The monoisotopic (exact) mass is 357 g/mol. The summed E-state index contributed by atoms with van der Waals surface area (Å²) in [7, 11) is -4.15. The molecule has 122 valence electrons. The normalized spacial score (nSPS) is 12.8. The molecule has 0 amide bonds. The molecular weight excluding hydrogens is 345 g/mol. The van der Waals surface area contributed by atoms with E-state index in [1.54, 1.807) is 30.3 Å². The van der Waals surface area contributed by atoms with Crippen LogP contribution in [0.5, 0.6) is 0 Å². The van der Waals surface area contributed by atoms with Gasteiger partial charge in [0, 0.05) is 0 Å². The molecule has 0 radical (unpaired) electrons. The lowest BCUT2D eigenvalue weighted by molar-refractivity contribution is -0.138. The van der Waals surface area contributed by atoms with Gasteiger partial charge >= 0.3 is 5.97 Å². The second kappa shape index (κ2) is 7.08. The zero-order chi connectivity index (χ0) is 17.0. The molecule has 0 bridgehead atoms. The van der Waals surface area contributed by atoms with Gasteiger partial charge in [-0.05, 0) is 30.2 Å². The number of sulfonamides is 1. The van der Waals surface area contributed by atoms with E-state index in [4.69, 9.17) is 11.6 Å². The van der Waals surface area contributed by atoms with Crippen molar-refractivity contribution in [2.45, 2.75) is 17.4 Å². The Morgan fingerprint density at radius 2 is 1.87 bits per heavy atom. The van der Waals surface area contributed by atoms with Crippen LogP contribution in [0.2, 0.25) is 5.02 Å². The molecule has 0 aliphatic carbocycles. The zero-order valence-corrected chi connectivity index (χ0v) is 13.3. The van der Waals surface area contributed by atoms with E-state index < -0.39 is 27.9 Å². The average molecular weight is 358 g/mol. The second-order valence-corrected chi connectivity index (χ2v) is 6.90. The van der Waals surface area contributed by atoms with Gasteiger partial charge in [-0.15, -0.1) is 0 Å². The maximum atomic E-state index is 13.1. The molecule has 2 N–H and O–H groups in total. The Hall–Kier alpha value is -1.96. The predicted octanol–water partition coefficient (Wildman–Crippen LogP) is 2.45. The number of hydrogen-bond donors (Lipinski definition) is 2. The smallest absolute Gasteiger partial charge is 0.322 e. The zero-order valence-electron chi connectivity index (χ0n) is 11.7. The lowest BCUT2D eigenvalue weighted by Gasteiger charge is -2.15. The fourth-order valence-electron chi connectivity index (χ4n) is 1.93. The summed E-state index contributed by atoms with van der Waals surface area (Å²) >= 11 is 5.57. The van der Waals surface area contributed by atoms with Crippen LogP contribution in [0.1, 0.15) is 5.56 Å². The first-order valence-corrected chi connectivity index (χ1v) is 8.40. The maximum absolute atomic E-state index is 13.1. The summed E-state index contributed by atoms with van der Waals surface area (Å²) < 4.78 is 39.7. The summed E-state index contributed by atoms with van der Waals surface area (Å²) in [5.41, 5.74) is 0.666. The molecule has 1 atom stereocenters. The van der Waals surface area contributed by atoms with Crippen LogP contribution in [0.4, 0.5) is 4.39 Å². The van der Waals surface area contributed by atoms with Crippen molar-refractivity contribution in [2.24, 2.45) is 0 Å². The largest absolute Gasteiger partial charge is 0.480 e. The van der Waals surface area contributed by atoms with E-state index in [-0.39, 0.29) is 16.3 Å². The van der Waals surface area contributed by atoms with Gasteiger partial charge in [0.05, 0.1) is 9.92 Å². The summed E-state index contributed by atoms with van der Waals surface area (Å²) in [6.45, 7) is 0. The van der Waals surface area contributed by atoms with Gasteiger partial charge in [-0.25, -0.2) is 12.8 Å². The van der Waals surface area contributed by atoms with Gasteiger partial charge in [0.25, 0.3) is 0 Å². The van der Waals surface area contributed by atoms with Crippen molar-refractivity contribution in [3.05, 3.63) is 64.9 Å². The molecule has 2 rings (SSSR count). The molecule has 0 spiro atoms. The van der Waals surface area contributed by atoms with Crippen molar-refractivity contribution in [1.82, 2.24) is 4.72 Å². The predicted molar refractivity (Wildman–Crippen MR) is 83.3 cm³/mol. The molecule has 1 unspecified atom stereocenters. The highest BCUT2D eigenvalue weighted by Crippen LogP contribution is 2.19. The van der Waals surface area contributed by atoms with Crippen molar-refractivity contribution in [3.8, 4) is 0 Å². The van der Waals surface area contributed by atoms with Crippen LogP contribution in [0.15, 0.2) is 53.4 Å². The molecule has 0 aliphatic heterocycles. The third-order valence-corrected chi connectivity index (χ3v) is 4.84. The second-order valence-electron chi connectivity index (χ2n) is 4.78. The molecule has 2 aromatic carbocycles. The Morgan fingerprint density at radius 1 is 1.22 bits per heavy atom. The van der Waals surface area contributed by atoms with Gasteiger partial charge in [0.1, 0.15) is 11.9 Å². The molecule has 2 aromatic rings. The molecule has 0 saturated heterocycles. The Labute approximate surface area is 137 Å². The summed E-state index contributed by atoms with van der Waals surface area (Å²) in [6.07, 6.45) is -0.0235. The first-order valence-electron chi connectivity index (χ1n) is 6.54. The fourth-order valence-corrected chi connectivity index (χ4v) is 3.39. The van der Waals surface area contributed by atoms with Crippen LogP contribution in [0, 0.1) is 5.82 Å². The van der Waals surface area contributed by atoms with E-state index in [1.807, 2.05) is 0 Å². The fraction of sp³-hybridized carbons (Fsp3) is 0.133. The van der Waals surface area contributed by atoms with Gasteiger partial charge in [-0.3, -0.25) is 4.79 Å². The van der Waals surface area contributed by atoms with Crippen molar-refractivity contribution in [3.63, 3.8) is 0 Å². The van der Waals surface area contributed by atoms with Crippen LogP contribution in [0.3, 0.4) is 0 Å². The average Bonchev–Trinajstić information content (AvgIpc) is 2.50. The molecule has 5 nitrogen and oxygen atoms in total. The number of benzene rings is 2. The third-order valence-electron chi connectivity index (χ3n) is 3.08. The minimum atomic E-state index is -4.15. The molecule has 0 fully saturated rings. The molecular formula is C15H13ClFNO4S. The van der Waals surface area contributed by atoms with Gasteiger partial charge in [0.15, 0.2) is 0 Å². The van der Waals surface area contributed by atoms with E-state index in [0.29, 0.717) is 5.56 Å². The first-order chi connectivity index (χ1) is 10.8. The summed E-state index contributed by atoms with van der Waals surface area (Å²) in [5.74, 6) is -2.07. The first kappa shape index (κ1) is 17.4. The van der Waals surface area contributed by atoms with Gasteiger partial charge in [0.2, 0.25) is 10.0 Å². The third kappa shape index (κ3) is 4.51. The van der Waals surface area contributed by atoms with Crippen LogP contribution in [0.25, 0.3) is 0 Å². The number of rotatable bonds is 6. The van der Waals surface area contributed by atoms with Gasteiger partial charge in [-0.2, -0.15) is 4.72 Å². The number of carboxylic acid groups (broad SMARTS) is 1. The lowest BCUT2D eigenvalue weighted by Crippen LogP contribution is -2.42. The summed E-state index contributed by atoms with van der Waals surface area (Å²) in [4.78, 5) is 11.0. The number of halogens is 2. The topological polar surface area (TPSA) is 83.5 Å². The van der Waals surface area contributed by atoms with Crippen molar-refractivity contribution >= 4 is 27.6 Å². The minimum Gasteiger partial charge on any atom is -0.480 e. The Bertz CT molecular complexity index is 811. The van der Waals surface area contributed by atoms with Crippen LogP contribution in [-0.2, 0) is 21.2 Å². The number of nitrogens with one attached hydrogen (secondary N) is 1. The van der Waals surface area contributed by atoms with Gasteiger partial charge in [-0.1, -0.05) is 41.9 Å². The highest BCUT2D eigenvalue weighted by atomic mass is 35.5. The molecule has 0 aromatic heterocycles. The standard InChI is InChI=1S/C15H13ClFNO4S/c16-12-9-11(6-7-13(12)17)23(21,22)18-14(15(19)20)8-10-4-2-1-3-5-10/h1-7,9,14,18H,8H2,(H,19,20). The van der Waals surface area contributed by atoms with E-state index in [1.165, 1.54) is 0 Å². The van der Waals surface area contributed by atoms with Gasteiger partial charge < -0.3 is 5.11 Å². The Balaban J connectivity index is 2.24. The Morgan fingerprint density at radius 3 is 2.43 bits per heavy atom. The molecule has 0 saturated carbocycles. The summed E-state index contributed by atoms with van der Waals surface area (Å²) in [6, 6.07) is 10.1. The molecule has 0 heterocycles. The molecule has 23 heavy (non-hydrogen) atoms. The highest BCUT2D eigenvalue weighted by molar-refractivity contribution is 7.89. The van der Waals surface area contributed by atoms with Crippen LogP contribution < -0.4 is 4.72 Å². The van der Waals surface area contributed by atoms with E-state index in [2.05, 4.69) is 4.72 Å². The highest BCUT2D eigenvalue weighted by Gasteiger charge is 2.26. The maximum Gasteiger partial charge on any atom is 0.322 e. The number of aliphatic carboxylic acids is 1. The molecule has 8 heteroatoms. The molecule has 0 aliphatic rings. The quantitative estimate of drug-likeness (QED) is 0.831. The lowest BCUT2D eigenvalue weighted by atomic mass is 10.1. The van der Waals surface area contributed by atoms with Crippen molar-refractivity contribution in [1.29, 1.82) is 0 Å².